The normalized spacial score (nSPS) is 26.0. The molecular formula is C14H17ClO4S. The molecule has 0 amide bonds. The first-order valence-corrected chi connectivity index (χ1v) is 8.44. The lowest BCUT2D eigenvalue weighted by molar-refractivity contribution is -0.144. The summed E-state index contributed by atoms with van der Waals surface area (Å²) in [6.07, 6.45) is 2.12. The molecule has 1 aliphatic rings. The molecule has 1 saturated carbocycles. The predicted octanol–water partition coefficient (Wildman–Crippen LogP) is 3.15. The third kappa shape index (κ3) is 2.23. The van der Waals surface area contributed by atoms with Crippen molar-refractivity contribution in [2.45, 2.75) is 42.2 Å². The average molecular weight is 317 g/mol. The van der Waals surface area contributed by atoms with Crippen LogP contribution in [-0.2, 0) is 14.6 Å². The summed E-state index contributed by atoms with van der Waals surface area (Å²) in [4.78, 5) is 11.5. The summed E-state index contributed by atoms with van der Waals surface area (Å²) in [5.41, 5.74) is 0. The monoisotopic (exact) mass is 316 g/mol. The minimum absolute atomic E-state index is 0.0760. The van der Waals surface area contributed by atoms with Crippen LogP contribution in [0.5, 0.6) is 0 Å². The average Bonchev–Trinajstić information content (AvgIpc) is 2.32. The topological polar surface area (TPSA) is 71.4 Å². The molecule has 0 aromatic heterocycles. The lowest BCUT2D eigenvalue weighted by Crippen LogP contribution is -2.56. The highest BCUT2D eigenvalue weighted by Gasteiger charge is 2.60. The molecule has 0 atom stereocenters. The highest BCUT2D eigenvalue weighted by atomic mass is 35.5. The lowest BCUT2D eigenvalue weighted by atomic mass is 9.72. The van der Waals surface area contributed by atoms with Crippen molar-refractivity contribution < 1.29 is 18.3 Å². The van der Waals surface area contributed by atoms with Crippen LogP contribution >= 0.6 is 11.6 Å². The zero-order chi connectivity index (χ0) is 15.0. The first-order valence-electron chi connectivity index (χ1n) is 6.57. The maximum atomic E-state index is 12.7. The number of carbonyl (C=O) groups is 1. The predicted molar refractivity (Wildman–Crippen MR) is 76.6 cm³/mol. The first-order chi connectivity index (χ1) is 9.35. The third-order valence-electron chi connectivity index (χ3n) is 3.96. The van der Waals surface area contributed by atoms with Gasteiger partial charge in [-0.25, -0.2) is 8.42 Å². The van der Waals surface area contributed by atoms with Gasteiger partial charge >= 0.3 is 5.97 Å². The van der Waals surface area contributed by atoms with Gasteiger partial charge < -0.3 is 5.11 Å². The van der Waals surface area contributed by atoms with Crippen LogP contribution in [0.4, 0.5) is 0 Å². The van der Waals surface area contributed by atoms with Crippen molar-refractivity contribution in [1.82, 2.24) is 0 Å². The zero-order valence-electron chi connectivity index (χ0n) is 11.2. The summed E-state index contributed by atoms with van der Waals surface area (Å²) >= 11 is 5.93. The van der Waals surface area contributed by atoms with E-state index in [0.717, 1.165) is 12.8 Å². The van der Waals surface area contributed by atoms with Crippen molar-refractivity contribution in [3.05, 3.63) is 29.3 Å². The summed E-state index contributed by atoms with van der Waals surface area (Å²) in [5.74, 6) is -1.11. The summed E-state index contributed by atoms with van der Waals surface area (Å²) < 4.78 is 23.7. The Morgan fingerprint density at radius 1 is 1.40 bits per heavy atom. The minimum atomic E-state index is -3.98. The van der Waals surface area contributed by atoms with E-state index in [9.17, 15) is 18.3 Å². The van der Waals surface area contributed by atoms with Gasteiger partial charge in [-0.3, -0.25) is 4.79 Å². The molecular weight excluding hydrogens is 300 g/mol. The summed E-state index contributed by atoms with van der Waals surface area (Å²) in [7, 11) is -3.98. The van der Waals surface area contributed by atoms with Crippen LogP contribution in [0.25, 0.3) is 0 Å². The van der Waals surface area contributed by atoms with E-state index in [0.29, 0.717) is 0 Å². The standard InChI is InChI=1S/C14H17ClO4S/c1-2-5-10-8-14(9-10,13(16)17)20(18,19)12-7-4-3-6-11(12)15/h3-4,6-7,10H,2,5,8-9H2,1H3,(H,16,17). The first kappa shape index (κ1) is 15.3. The molecule has 110 valence electrons. The number of carboxylic acids is 1. The number of hydrogen-bond donors (Lipinski definition) is 1. The van der Waals surface area contributed by atoms with E-state index in [1.54, 1.807) is 12.1 Å². The summed E-state index contributed by atoms with van der Waals surface area (Å²) in [6, 6.07) is 6.01. The minimum Gasteiger partial charge on any atom is -0.480 e. The second-order valence-electron chi connectivity index (χ2n) is 5.30. The van der Waals surface area contributed by atoms with Crippen LogP contribution in [0.2, 0.25) is 5.02 Å². The van der Waals surface area contributed by atoms with Crippen LogP contribution in [-0.4, -0.2) is 24.2 Å². The molecule has 4 nitrogen and oxygen atoms in total. The molecule has 0 saturated heterocycles. The van der Waals surface area contributed by atoms with E-state index in [-0.39, 0.29) is 28.7 Å². The van der Waals surface area contributed by atoms with Crippen molar-refractivity contribution in [1.29, 1.82) is 0 Å². The summed E-state index contributed by atoms with van der Waals surface area (Å²) in [5, 5.41) is 9.51. The Morgan fingerprint density at radius 3 is 2.50 bits per heavy atom. The molecule has 0 spiro atoms. The van der Waals surface area contributed by atoms with Crippen LogP contribution in [0.15, 0.2) is 29.2 Å². The van der Waals surface area contributed by atoms with Gasteiger partial charge in [0, 0.05) is 0 Å². The molecule has 0 aliphatic heterocycles. The second-order valence-corrected chi connectivity index (χ2v) is 7.93. The fourth-order valence-corrected chi connectivity index (χ4v) is 5.45. The van der Waals surface area contributed by atoms with Crippen molar-refractivity contribution in [3.63, 3.8) is 0 Å². The molecule has 1 aromatic carbocycles. The lowest BCUT2D eigenvalue weighted by Gasteiger charge is -2.43. The van der Waals surface area contributed by atoms with Gasteiger partial charge in [0.1, 0.15) is 0 Å². The Kier molecular flexibility index (Phi) is 4.12. The number of hydrogen-bond acceptors (Lipinski definition) is 3. The quantitative estimate of drug-likeness (QED) is 0.905. The second kappa shape index (κ2) is 5.37. The van der Waals surface area contributed by atoms with Crippen LogP contribution in [0, 0.1) is 5.92 Å². The molecule has 0 radical (unpaired) electrons. The fourth-order valence-electron chi connectivity index (χ4n) is 2.87. The number of carboxylic acid groups (broad SMARTS) is 1. The van der Waals surface area contributed by atoms with Gasteiger partial charge in [-0.1, -0.05) is 43.5 Å². The molecule has 20 heavy (non-hydrogen) atoms. The maximum Gasteiger partial charge on any atom is 0.325 e. The molecule has 0 bridgehead atoms. The number of sulfone groups is 1. The van der Waals surface area contributed by atoms with Crippen LogP contribution in [0.3, 0.4) is 0 Å². The number of rotatable bonds is 5. The molecule has 1 aromatic rings. The van der Waals surface area contributed by atoms with Gasteiger partial charge in [-0.05, 0) is 30.9 Å². The van der Waals surface area contributed by atoms with Crippen molar-refractivity contribution in [2.75, 3.05) is 0 Å². The van der Waals surface area contributed by atoms with E-state index in [2.05, 4.69) is 0 Å². The molecule has 1 N–H and O–H groups in total. The maximum absolute atomic E-state index is 12.7. The molecule has 6 heteroatoms. The van der Waals surface area contributed by atoms with Gasteiger partial charge in [0.05, 0.1) is 9.92 Å². The number of benzene rings is 1. The van der Waals surface area contributed by atoms with Crippen molar-refractivity contribution in [2.24, 2.45) is 5.92 Å². The SMILES string of the molecule is CCCC1CC(C(=O)O)(S(=O)(=O)c2ccccc2Cl)C1. The number of halogens is 1. The van der Waals surface area contributed by atoms with E-state index >= 15 is 0 Å². The molecule has 1 fully saturated rings. The van der Waals surface area contributed by atoms with Gasteiger partial charge in [0.25, 0.3) is 0 Å². The van der Waals surface area contributed by atoms with Crippen molar-refractivity contribution in [3.8, 4) is 0 Å². The van der Waals surface area contributed by atoms with E-state index in [1.807, 2.05) is 6.92 Å². The van der Waals surface area contributed by atoms with Crippen LogP contribution in [0.1, 0.15) is 32.6 Å². The molecule has 0 unspecified atom stereocenters. The Hall–Kier alpha value is -1.07. The van der Waals surface area contributed by atoms with Gasteiger partial charge in [0.2, 0.25) is 0 Å². The Labute approximate surface area is 123 Å². The largest absolute Gasteiger partial charge is 0.480 e. The van der Waals surface area contributed by atoms with E-state index in [1.165, 1.54) is 12.1 Å². The fraction of sp³-hybridized carbons (Fsp3) is 0.500. The highest BCUT2D eigenvalue weighted by molar-refractivity contribution is 7.93. The Balaban J connectivity index is 2.42. The smallest absolute Gasteiger partial charge is 0.325 e. The Morgan fingerprint density at radius 2 is 2.00 bits per heavy atom. The van der Waals surface area contributed by atoms with E-state index in [4.69, 9.17) is 11.6 Å². The van der Waals surface area contributed by atoms with Crippen LogP contribution < -0.4 is 0 Å². The molecule has 2 rings (SSSR count). The third-order valence-corrected chi connectivity index (χ3v) is 6.88. The van der Waals surface area contributed by atoms with Gasteiger partial charge in [0.15, 0.2) is 14.6 Å². The van der Waals surface area contributed by atoms with Crippen molar-refractivity contribution >= 4 is 27.4 Å². The van der Waals surface area contributed by atoms with Gasteiger partial charge in [-0.2, -0.15) is 0 Å². The van der Waals surface area contributed by atoms with E-state index < -0.39 is 20.6 Å². The zero-order valence-corrected chi connectivity index (χ0v) is 12.7. The molecule has 0 heterocycles. The summed E-state index contributed by atoms with van der Waals surface area (Å²) in [6.45, 7) is 2.00. The number of aliphatic carboxylic acids is 1. The Bertz CT molecular complexity index is 618. The molecule has 1 aliphatic carbocycles. The van der Waals surface area contributed by atoms with Gasteiger partial charge in [-0.15, -0.1) is 0 Å². The highest BCUT2D eigenvalue weighted by Crippen LogP contribution is 2.49.